The second-order valence-electron chi connectivity index (χ2n) is 5.24. The number of amides is 2. The molecule has 1 aromatic carbocycles. The Kier molecular flexibility index (Phi) is 3.94. The van der Waals surface area contributed by atoms with E-state index in [1.54, 1.807) is 0 Å². The number of rotatable bonds is 3. The fraction of sp³-hybridized carbons (Fsp3) is 0.250. The van der Waals surface area contributed by atoms with Gasteiger partial charge in [0.1, 0.15) is 10.8 Å². The van der Waals surface area contributed by atoms with Crippen LogP contribution in [0.2, 0.25) is 0 Å². The first-order chi connectivity index (χ1) is 10.6. The van der Waals surface area contributed by atoms with Crippen LogP contribution >= 0.6 is 11.3 Å². The second-order valence-corrected chi connectivity index (χ2v) is 6.35. The summed E-state index contributed by atoms with van der Waals surface area (Å²) in [6, 6.07) is 5.43. The molecule has 4 nitrogen and oxygen atoms in total. The van der Waals surface area contributed by atoms with Crippen LogP contribution in [0.4, 0.5) is 9.39 Å². The predicted octanol–water partition coefficient (Wildman–Crippen LogP) is 3.12. The zero-order chi connectivity index (χ0) is 15.7. The fourth-order valence-electron chi connectivity index (χ4n) is 2.72. The molecule has 0 aliphatic heterocycles. The molecule has 22 heavy (non-hydrogen) atoms. The van der Waals surface area contributed by atoms with Crippen molar-refractivity contribution in [2.75, 3.05) is 5.32 Å². The number of benzene rings is 1. The molecular weight excluding hydrogens is 303 g/mol. The van der Waals surface area contributed by atoms with Gasteiger partial charge in [-0.1, -0.05) is 6.07 Å². The van der Waals surface area contributed by atoms with Gasteiger partial charge in [0.15, 0.2) is 0 Å². The van der Waals surface area contributed by atoms with Gasteiger partial charge in [-0.2, -0.15) is 0 Å². The number of halogens is 1. The predicted molar refractivity (Wildman–Crippen MR) is 83.8 cm³/mol. The summed E-state index contributed by atoms with van der Waals surface area (Å²) in [5.74, 6) is -1.46. The Labute approximate surface area is 131 Å². The van der Waals surface area contributed by atoms with Crippen molar-refractivity contribution in [3.63, 3.8) is 0 Å². The van der Waals surface area contributed by atoms with Gasteiger partial charge >= 0.3 is 0 Å². The molecule has 1 heterocycles. The molecule has 3 rings (SSSR count). The van der Waals surface area contributed by atoms with Crippen LogP contribution in [0.25, 0.3) is 0 Å². The molecule has 0 saturated heterocycles. The van der Waals surface area contributed by atoms with Crippen LogP contribution in [0.3, 0.4) is 0 Å². The van der Waals surface area contributed by atoms with Gasteiger partial charge in [0, 0.05) is 10.4 Å². The molecule has 1 aliphatic carbocycles. The zero-order valence-electron chi connectivity index (χ0n) is 11.8. The molecule has 114 valence electrons. The molecule has 2 amide bonds. The van der Waals surface area contributed by atoms with Crippen LogP contribution in [0, 0.1) is 5.82 Å². The van der Waals surface area contributed by atoms with Crippen LogP contribution < -0.4 is 11.1 Å². The molecule has 0 saturated carbocycles. The third-order valence-corrected chi connectivity index (χ3v) is 4.94. The molecule has 0 fully saturated rings. The van der Waals surface area contributed by atoms with E-state index in [2.05, 4.69) is 5.32 Å². The average Bonchev–Trinajstić information content (AvgIpc) is 2.85. The van der Waals surface area contributed by atoms with E-state index in [0.717, 1.165) is 42.2 Å². The Morgan fingerprint density at radius 1 is 1.23 bits per heavy atom. The molecule has 1 aliphatic rings. The molecule has 0 unspecified atom stereocenters. The van der Waals surface area contributed by atoms with Gasteiger partial charge in [-0.05, 0) is 49.4 Å². The number of hydrogen-bond donors (Lipinski definition) is 2. The molecule has 0 spiro atoms. The average molecular weight is 318 g/mol. The van der Waals surface area contributed by atoms with Crippen molar-refractivity contribution in [2.24, 2.45) is 5.73 Å². The summed E-state index contributed by atoms with van der Waals surface area (Å²) in [7, 11) is 0. The molecular formula is C16H15FN2O2S. The van der Waals surface area contributed by atoms with Crippen LogP contribution in [-0.4, -0.2) is 11.8 Å². The van der Waals surface area contributed by atoms with Crippen LogP contribution in [0.1, 0.15) is 44.0 Å². The lowest BCUT2D eigenvalue weighted by Crippen LogP contribution is -2.18. The van der Waals surface area contributed by atoms with Crippen molar-refractivity contribution in [1.29, 1.82) is 0 Å². The first-order valence-corrected chi connectivity index (χ1v) is 7.89. The quantitative estimate of drug-likeness (QED) is 0.912. The van der Waals surface area contributed by atoms with Gasteiger partial charge in [-0.15, -0.1) is 11.3 Å². The highest BCUT2D eigenvalue weighted by Gasteiger charge is 2.25. The van der Waals surface area contributed by atoms with Gasteiger partial charge in [0.25, 0.3) is 11.8 Å². The molecule has 3 N–H and O–H groups in total. The number of primary amides is 1. The normalized spacial score (nSPS) is 13.5. The maximum Gasteiger partial charge on any atom is 0.256 e. The van der Waals surface area contributed by atoms with E-state index in [0.29, 0.717) is 10.6 Å². The first kappa shape index (κ1) is 14.7. The molecule has 2 aromatic rings. The summed E-state index contributed by atoms with van der Waals surface area (Å²) in [5.41, 5.74) is 7.05. The number of aryl methyl sites for hydroxylation is 1. The molecule has 1 aromatic heterocycles. The van der Waals surface area contributed by atoms with Crippen molar-refractivity contribution in [2.45, 2.75) is 25.7 Å². The fourth-order valence-corrected chi connectivity index (χ4v) is 4.01. The van der Waals surface area contributed by atoms with Gasteiger partial charge in [-0.25, -0.2) is 4.39 Å². The summed E-state index contributed by atoms with van der Waals surface area (Å²) in [5, 5.41) is 3.17. The van der Waals surface area contributed by atoms with E-state index in [4.69, 9.17) is 5.73 Å². The van der Waals surface area contributed by atoms with Gasteiger partial charge in [0.05, 0.1) is 5.56 Å². The summed E-state index contributed by atoms with van der Waals surface area (Å²) >= 11 is 1.39. The molecule has 6 heteroatoms. The number of fused-ring (bicyclic) bond motifs is 1. The summed E-state index contributed by atoms with van der Waals surface area (Å²) in [6.45, 7) is 0. The van der Waals surface area contributed by atoms with E-state index in [1.165, 1.54) is 29.5 Å². The van der Waals surface area contributed by atoms with Gasteiger partial charge < -0.3 is 11.1 Å². The number of hydrogen-bond acceptors (Lipinski definition) is 3. The van der Waals surface area contributed by atoms with Crippen molar-refractivity contribution < 1.29 is 14.0 Å². The SMILES string of the molecule is NC(=O)c1c(NC(=O)c2cccc(F)c2)sc2c1CCCC2. The highest BCUT2D eigenvalue weighted by molar-refractivity contribution is 7.17. The molecule has 0 bridgehead atoms. The third-order valence-electron chi connectivity index (χ3n) is 3.73. The van der Waals surface area contributed by atoms with Crippen molar-refractivity contribution in [1.82, 2.24) is 0 Å². The second kappa shape index (κ2) is 5.88. The minimum atomic E-state index is -0.533. The van der Waals surface area contributed by atoms with E-state index in [9.17, 15) is 14.0 Å². The Balaban J connectivity index is 1.93. The summed E-state index contributed by atoms with van der Waals surface area (Å²) in [4.78, 5) is 25.1. The Bertz CT molecular complexity index is 755. The zero-order valence-corrected chi connectivity index (χ0v) is 12.6. The highest BCUT2D eigenvalue weighted by atomic mass is 32.1. The smallest absolute Gasteiger partial charge is 0.256 e. The number of nitrogens with one attached hydrogen (secondary N) is 1. The first-order valence-electron chi connectivity index (χ1n) is 7.07. The minimum absolute atomic E-state index is 0.210. The Morgan fingerprint density at radius 3 is 2.73 bits per heavy atom. The van der Waals surface area contributed by atoms with E-state index in [-0.39, 0.29) is 5.56 Å². The number of carbonyl (C=O) groups is 2. The maximum absolute atomic E-state index is 13.2. The van der Waals surface area contributed by atoms with E-state index in [1.807, 2.05) is 0 Å². The van der Waals surface area contributed by atoms with Crippen molar-refractivity contribution in [3.05, 3.63) is 51.7 Å². The minimum Gasteiger partial charge on any atom is -0.365 e. The highest BCUT2D eigenvalue weighted by Crippen LogP contribution is 2.38. The van der Waals surface area contributed by atoms with Crippen LogP contribution in [0.15, 0.2) is 24.3 Å². The lowest BCUT2D eigenvalue weighted by molar-refractivity contribution is 0.100. The van der Waals surface area contributed by atoms with Crippen LogP contribution in [0.5, 0.6) is 0 Å². The summed E-state index contributed by atoms with van der Waals surface area (Å²) in [6.07, 6.45) is 3.79. The summed E-state index contributed by atoms with van der Waals surface area (Å²) < 4.78 is 13.2. The van der Waals surface area contributed by atoms with E-state index < -0.39 is 17.6 Å². The van der Waals surface area contributed by atoms with Gasteiger partial charge in [-0.3, -0.25) is 9.59 Å². The number of nitrogens with two attached hydrogens (primary N) is 1. The number of carbonyl (C=O) groups excluding carboxylic acids is 2. The van der Waals surface area contributed by atoms with E-state index >= 15 is 0 Å². The standard InChI is InChI=1S/C16H15FN2O2S/c17-10-5-3-4-9(8-10)15(21)19-16-13(14(18)20)11-6-1-2-7-12(11)22-16/h3-5,8H,1-2,6-7H2,(H2,18,20)(H,19,21). The topological polar surface area (TPSA) is 72.2 Å². The number of thiophene rings is 1. The Hall–Kier alpha value is -2.21. The van der Waals surface area contributed by atoms with Crippen molar-refractivity contribution >= 4 is 28.2 Å². The van der Waals surface area contributed by atoms with Crippen LogP contribution in [-0.2, 0) is 12.8 Å². The largest absolute Gasteiger partial charge is 0.365 e. The Morgan fingerprint density at radius 2 is 2.00 bits per heavy atom. The monoisotopic (exact) mass is 318 g/mol. The lowest BCUT2D eigenvalue weighted by atomic mass is 9.95. The molecule has 0 radical (unpaired) electrons. The van der Waals surface area contributed by atoms with Crippen molar-refractivity contribution in [3.8, 4) is 0 Å². The number of anilines is 1. The third kappa shape index (κ3) is 2.74. The molecule has 0 atom stereocenters. The van der Waals surface area contributed by atoms with Gasteiger partial charge in [0.2, 0.25) is 0 Å². The lowest BCUT2D eigenvalue weighted by Gasteiger charge is -2.11. The maximum atomic E-state index is 13.2.